The van der Waals surface area contributed by atoms with E-state index in [1.54, 1.807) is 0 Å². The first-order chi connectivity index (χ1) is 9.11. The maximum atomic E-state index is 3.28. The lowest BCUT2D eigenvalue weighted by Crippen LogP contribution is -2.23. The van der Waals surface area contributed by atoms with Crippen LogP contribution < -0.4 is 5.32 Å². The number of benzene rings is 2. The van der Waals surface area contributed by atoms with Crippen LogP contribution in [0.5, 0.6) is 0 Å². The Kier molecular flexibility index (Phi) is 4.39. The molecule has 1 heteroatoms. The first-order valence-electron chi connectivity index (χ1n) is 6.94. The van der Waals surface area contributed by atoms with Crippen LogP contribution in [0.4, 0.5) is 0 Å². The zero-order valence-corrected chi connectivity index (χ0v) is 12.3. The second-order valence-electron chi connectivity index (χ2n) is 5.34. The maximum absolute atomic E-state index is 3.28. The van der Waals surface area contributed by atoms with Crippen LogP contribution in [-0.4, -0.2) is 13.1 Å². The summed E-state index contributed by atoms with van der Waals surface area (Å²) in [5, 5.41) is 3.28. The Bertz CT molecular complexity index is 540. The van der Waals surface area contributed by atoms with Crippen LogP contribution in [0.3, 0.4) is 0 Å². The van der Waals surface area contributed by atoms with E-state index >= 15 is 0 Å². The number of rotatable bonds is 4. The van der Waals surface area contributed by atoms with Gasteiger partial charge < -0.3 is 5.32 Å². The van der Waals surface area contributed by atoms with Crippen molar-refractivity contribution in [3.63, 3.8) is 0 Å². The van der Waals surface area contributed by atoms with Gasteiger partial charge in [0.2, 0.25) is 0 Å². The molecular weight excluding hydrogens is 230 g/mol. The minimum Gasteiger partial charge on any atom is -0.317 e. The molecular formula is C18H23N. The van der Waals surface area contributed by atoms with E-state index in [9.17, 15) is 0 Å². The molecule has 2 rings (SSSR count). The van der Waals surface area contributed by atoms with Gasteiger partial charge in [0.15, 0.2) is 0 Å². The maximum Gasteiger partial charge on any atom is 0.00761 e. The molecule has 1 N–H and O–H groups in total. The molecule has 1 nitrogen and oxygen atoms in total. The van der Waals surface area contributed by atoms with Crippen molar-refractivity contribution in [1.82, 2.24) is 5.32 Å². The molecule has 100 valence electrons. The Morgan fingerprint density at radius 2 is 1.68 bits per heavy atom. The summed E-state index contributed by atoms with van der Waals surface area (Å²) in [5.74, 6) is 0. The van der Waals surface area contributed by atoms with Gasteiger partial charge in [-0.1, -0.05) is 42.5 Å². The fraction of sp³-hybridized carbons (Fsp3) is 0.333. The van der Waals surface area contributed by atoms with Crippen molar-refractivity contribution in [1.29, 1.82) is 0 Å². The summed E-state index contributed by atoms with van der Waals surface area (Å²) >= 11 is 0. The Balaban J connectivity index is 2.25. The molecule has 2 aromatic rings. The Morgan fingerprint density at radius 1 is 1.00 bits per heavy atom. The molecule has 0 aliphatic rings. The second-order valence-corrected chi connectivity index (χ2v) is 5.34. The molecule has 0 radical (unpaired) electrons. The lowest BCUT2D eigenvalue weighted by Gasteiger charge is -2.12. The summed E-state index contributed by atoms with van der Waals surface area (Å²) in [6.07, 6.45) is 1.07. The Labute approximate surface area is 116 Å². The van der Waals surface area contributed by atoms with Crippen LogP contribution in [0, 0.1) is 13.8 Å². The minimum atomic E-state index is 0.520. The summed E-state index contributed by atoms with van der Waals surface area (Å²) in [7, 11) is 2.01. The highest BCUT2D eigenvalue weighted by Gasteiger charge is 2.05. The standard InChI is InChI=1S/C18H23N/c1-13-6-5-7-18(15(13)3)17-10-8-16(9-11-17)12-14(2)19-4/h5-11,14,19H,12H2,1-4H3. The fourth-order valence-corrected chi connectivity index (χ4v) is 2.34. The van der Waals surface area contributed by atoms with Crippen molar-refractivity contribution in [2.75, 3.05) is 7.05 Å². The lowest BCUT2D eigenvalue weighted by molar-refractivity contribution is 0.608. The van der Waals surface area contributed by atoms with Gasteiger partial charge in [0.1, 0.15) is 0 Å². The van der Waals surface area contributed by atoms with Gasteiger partial charge in [-0.25, -0.2) is 0 Å². The predicted molar refractivity (Wildman–Crippen MR) is 83.6 cm³/mol. The molecule has 19 heavy (non-hydrogen) atoms. The Morgan fingerprint density at radius 3 is 2.32 bits per heavy atom. The number of hydrogen-bond donors (Lipinski definition) is 1. The van der Waals surface area contributed by atoms with Crippen LogP contribution in [0.1, 0.15) is 23.6 Å². The topological polar surface area (TPSA) is 12.0 Å². The molecule has 0 spiro atoms. The van der Waals surface area contributed by atoms with Crippen molar-refractivity contribution in [3.8, 4) is 11.1 Å². The number of likely N-dealkylation sites (N-methyl/N-ethyl adjacent to an activating group) is 1. The van der Waals surface area contributed by atoms with Gasteiger partial charge >= 0.3 is 0 Å². The fourth-order valence-electron chi connectivity index (χ4n) is 2.34. The highest BCUT2D eigenvalue weighted by Crippen LogP contribution is 2.25. The van der Waals surface area contributed by atoms with Crippen LogP contribution in [-0.2, 0) is 6.42 Å². The third-order valence-corrected chi connectivity index (χ3v) is 3.90. The van der Waals surface area contributed by atoms with Gasteiger partial charge in [0.05, 0.1) is 0 Å². The molecule has 0 bridgehead atoms. The monoisotopic (exact) mass is 253 g/mol. The van der Waals surface area contributed by atoms with Gasteiger partial charge in [-0.05, 0) is 62.1 Å². The van der Waals surface area contributed by atoms with E-state index in [4.69, 9.17) is 0 Å². The Hall–Kier alpha value is -1.60. The van der Waals surface area contributed by atoms with Crippen molar-refractivity contribution < 1.29 is 0 Å². The molecule has 0 heterocycles. The summed E-state index contributed by atoms with van der Waals surface area (Å²) in [5.41, 5.74) is 6.76. The average Bonchev–Trinajstić information content (AvgIpc) is 2.43. The molecule has 1 atom stereocenters. The molecule has 2 aromatic carbocycles. The smallest absolute Gasteiger partial charge is 0.00761 e. The van der Waals surface area contributed by atoms with E-state index in [0.29, 0.717) is 6.04 Å². The zero-order valence-electron chi connectivity index (χ0n) is 12.3. The highest BCUT2D eigenvalue weighted by molar-refractivity contribution is 5.68. The van der Waals surface area contributed by atoms with Crippen molar-refractivity contribution in [2.45, 2.75) is 33.2 Å². The van der Waals surface area contributed by atoms with Gasteiger partial charge in [0.25, 0.3) is 0 Å². The molecule has 0 fully saturated rings. The molecule has 0 aromatic heterocycles. The van der Waals surface area contributed by atoms with Crippen LogP contribution >= 0.6 is 0 Å². The van der Waals surface area contributed by atoms with Crippen LogP contribution in [0.15, 0.2) is 42.5 Å². The van der Waals surface area contributed by atoms with Crippen LogP contribution in [0.25, 0.3) is 11.1 Å². The molecule has 0 aliphatic heterocycles. The van der Waals surface area contributed by atoms with E-state index in [-0.39, 0.29) is 0 Å². The largest absolute Gasteiger partial charge is 0.317 e. The van der Waals surface area contributed by atoms with E-state index in [1.165, 1.54) is 27.8 Å². The molecule has 0 saturated carbocycles. The summed E-state index contributed by atoms with van der Waals surface area (Å²) in [4.78, 5) is 0. The van der Waals surface area contributed by atoms with Crippen molar-refractivity contribution >= 4 is 0 Å². The third-order valence-electron chi connectivity index (χ3n) is 3.90. The first-order valence-corrected chi connectivity index (χ1v) is 6.94. The third kappa shape index (κ3) is 3.24. The zero-order chi connectivity index (χ0) is 13.8. The van der Waals surface area contributed by atoms with E-state index in [0.717, 1.165) is 6.42 Å². The number of hydrogen-bond acceptors (Lipinski definition) is 1. The summed E-state index contributed by atoms with van der Waals surface area (Å²) in [6, 6.07) is 16.0. The SMILES string of the molecule is CNC(C)Cc1ccc(-c2cccc(C)c2C)cc1. The lowest BCUT2D eigenvalue weighted by atomic mass is 9.95. The molecule has 0 aliphatic carbocycles. The number of nitrogens with one attached hydrogen (secondary N) is 1. The van der Waals surface area contributed by atoms with E-state index < -0.39 is 0 Å². The molecule has 0 saturated heterocycles. The minimum absolute atomic E-state index is 0.520. The number of aryl methyl sites for hydroxylation is 1. The highest BCUT2D eigenvalue weighted by atomic mass is 14.8. The van der Waals surface area contributed by atoms with E-state index in [2.05, 4.69) is 68.6 Å². The van der Waals surface area contributed by atoms with Crippen LogP contribution in [0.2, 0.25) is 0 Å². The molecule has 1 unspecified atom stereocenters. The van der Waals surface area contributed by atoms with Gasteiger partial charge in [-0.2, -0.15) is 0 Å². The first kappa shape index (κ1) is 13.8. The van der Waals surface area contributed by atoms with Gasteiger partial charge in [-0.3, -0.25) is 0 Å². The second kappa shape index (κ2) is 6.03. The van der Waals surface area contributed by atoms with Gasteiger partial charge in [-0.15, -0.1) is 0 Å². The predicted octanol–water partition coefficient (Wildman–Crippen LogP) is 4.12. The molecule has 0 amide bonds. The quantitative estimate of drug-likeness (QED) is 0.864. The summed E-state index contributed by atoms with van der Waals surface area (Å²) < 4.78 is 0. The van der Waals surface area contributed by atoms with Gasteiger partial charge in [0, 0.05) is 6.04 Å². The van der Waals surface area contributed by atoms with E-state index in [1.807, 2.05) is 7.05 Å². The van der Waals surface area contributed by atoms with Crippen molar-refractivity contribution in [2.24, 2.45) is 0 Å². The average molecular weight is 253 g/mol. The summed E-state index contributed by atoms with van der Waals surface area (Å²) in [6.45, 7) is 6.57. The van der Waals surface area contributed by atoms with Crippen molar-refractivity contribution in [3.05, 3.63) is 59.2 Å². The normalized spacial score (nSPS) is 12.4.